The Hall–Kier alpha value is -2.99. The van der Waals surface area contributed by atoms with Crippen LogP contribution in [0.25, 0.3) is 11.4 Å². The third kappa shape index (κ3) is 5.58. The predicted molar refractivity (Wildman–Crippen MR) is 120 cm³/mol. The highest BCUT2D eigenvalue weighted by Gasteiger charge is 2.21. The van der Waals surface area contributed by atoms with Gasteiger partial charge in [-0.05, 0) is 17.0 Å². The van der Waals surface area contributed by atoms with Crippen molar-refractivity contribution in [2.24, 2.45) is 0 Å². The fourth-order valence-corrected chi connectivity index (χ4v) is 3.86. The Kier molecular flexibility index (Phi) is 6.77. The third-order valence-electron chi connectivity index (χ3n) is 5.83. The summed E-state index contributed by atoms with van der Waals surface area (Å²) < 4.78 is 5.38. The van der Waals surface area contributed by atoms with Gasteiger partial charge < -0.3 is 9.42 Å². The van der Waals surface area contributed by atoms with Gasteiger partial charge in [-0.25, -0.2) is 0 Å². The second-order valence-electron chi connectivity index (χ2n) is 8.43. The van der Waals surface area contributed by atoms with E-state index >= 15 is 0 Å². The Bertz CT molecular complexity index is 974. The molecule has 3 aromatic rings. The summed E-state index contributed by atoms with van der Waals surface area (Å²) >= 11 is 0. The van der Waals surface area contributed by atoms with E-state index in [1.54, 1.807) is 0 Å². The summed E-state index contributed by atoms with van der Waals surface area (Å²) in [7, 11) is 0. The lowest BCUT2D eigenvalue weighted by Gasteiger charge is -2.34. The smallest absolute Gasteiger partial charge is 0.227 e. The molecule has 0 saturated carbocycles. The number of rotatable bonds is 7. The average Bonchev–Trinajstić information content (AvgIpc) is 3.28. The first kappa shape index (κ1) is 21.2. The summed E-state index contributed by atoms with van der Waals surface area (Å²) in [5, 5.41) is 4.08. The highest BCUT2D eigenvalue weighted by atomic mass is 16.5. The molecule has 0 radical (unpaired) electrons. The Morgan fingerprint density at radius 1 is 1.00 bits per heavy atom. The van der Waals surface area contributed by atoms with Crippen molar-refractivity contribution in [3.63, 3.8) is 0 Å². The first-order valence-electron chi connectivity index (χ1n) is 11.1. The molecular formula is C25H30N4O2. The summed E-state index contributed by atoms with van der Waals surface area (Å²) in [6.45, 7) is 8.61. The predicted octanol–water partition coefficient (Wildman–Crippen LogP) is 4.14. The minimum absolute atomic E-state index is 0.153. The Labute approximate surface area is 183 Å². The molecule has 31 heavy (non-hydrogen) atoms. The summed E-state index contributed by atoms with van der Waals surface area (Å²) in [4.78, 5) is 21.5. The maximum absolute atomic E-state index is 12.6. The molecule has 0 atom stereocenters. The van der Waals surface area contributed by atoms with Gasteiger partial charge in [-0.2, -0.15) is 4.98 Å². The van der Waals surface area contributed by atoms with E-state index in [1.165, 1.54) is 11.1 Å². The number of carbonyl (C=O) groups is 1. The number of piperazine rings is 1. The monoisotopic (exact) mass is 418 g/mol. The van der Waals surface area contributed by atoms with E-state index in [1.807, 2.05) is 23.1 Å². The van der Waals surface area contributed by atoms with Crippen LogP contribution in [-0.2, 0) is 17.8 Å². The molecule has 4 rings (SSSR count). The minimum Gasteiger partial charge on any atom is -0.340 e. The molecule has 0 bridgehead atoms. The molecule has 0 unspecified atom stereocenters. The lowest BCUT2D eigenvalue weighted by Crippen LogP contribution is -2.48. The Morgan fingerprint density at radius 3 is 2.39 bits per heavy atom. The summed E-state index contributed by atoms with van der Waals surface area (Å²) in [6, 6.07) is 18.7. The third-order valence-corrected chi connectivity index (χ3v) is 5.83. The first-order valence-corrected chi connectivity index (χ1v) is 11.1. The number of nitrogens with zero attached hydrogens (tertiary/aromatic N) is 4. The van der Waals surface area contributed by atoms with Crippen molar-refractivity contribution < 1.29 is 9.32 Å². The molecule has 0 spiro atoms. The van der Waals surface area contributed by atoms with E-state index in [9.17, 15) is 4.79 Å². The van der Waals surface area contributed by atoms with Gasteiger partial charge in [0.25, 0.3) is 0 Å². The average molecular weight is 419 g/mol. The van der Waals surface area contributed by atoms with Crippen LogP contribution in [0.4, 0.5) is 0 Å². The molecule has 162 valence electrons. The maximum Gasteiger partial charge on any atom is 0.227 e. The van der Waals surface area contributed by atoms with Crippen LogP contribution in [0.15, 0.2) is 59.1 Å². The van der Waals surface area contributed by atoms with E-state index < -0.39 is 0 Å². The lowest BCUT2D eigenvalue weighted by atomic mass is 10.0. The Balaban J connectivity index is 1.24. The molecule has 0 N–H and O–H groups in total. The fraction of sp³-hybridized carbons (Fsp3) is 0.400. The van der Waals surface area contributed by atoms with Crippen LogP contribution in [0, 0.1) is 0 Å². The molecule has 2 heterocycles. The first-order chi connectivity index (χ1) is 15.1. The maximum atomic E-state index is 12.6. The van der Waals surface area contributed by atoms with Crippen LogP contribution < -0.4 is 0 Å². The van der Waals surface area contributed by atoms with Crippen LogP contribution in [0.5, 0.6) is 0 Å². The molecular weight excluding hydrogens is 388 g/mol. The highest BCUT2D eigenvalue weighted by molar-refractivity contribution is 5.76. The van der Waals surface area contributed by atoms with Crippen LogP contribution in [0.3, 0.4) is 0 Å². The number of carbonyl (C=O) groups excluding carboxylic acids is 1. The molecule has 6 nitrogen and oxygen atoms in total. The molecule has 1 aliphatic heterocycles. The van der Waals surface area contributed by atoms with Gasteiger partial charge in [0.15, 0.2) is 0 Å². The molecule has 1 amide bonds. The van der Waals surface area contributed by atoms with Crippen LogP contribution in [-0.4, -0.2) is 52.0 Å². The summed E-state index contributed by atoms with van der Waals surface area (Å²) in [6.07, 6.45) is 0.868. The minimum atomic E-state index is 0.153. The quantitative estimate of drug-likeness (QED) is 0.577. The molecule has 1 fully saturated rings. The number of aromatic nitrogens is 2. The SMILES string of the molecule is CC(C)c1ccc(-c2noc(CCC(=O)N3CCN(Cc4ccccc4)CC3)n2)cc1. The fourth-order valence-electron chi connectivity index (χ4n) is 3.86. The zero-order valence-corrected chi connectivity index (χ0v) is 18.3. The van der Waals surface area contributed by atoms with E-state index in [0.29, 0.717) is 30.5 Å². The normalized spacial score (nSPS) is 14.9. The topological polar surface area (TPSA) is 62.5 Å². The molecule has 1 saturated heterocycles. The molecule has 1 aliphatic rings. The van der Waals surface area contributed by atoms with Gasteiger partial charge >= 0.3 is 0 Å². The molecule has 2 aromatic carbocycles. The van der Waals surface area contributed by atoms with Gasteiger partial charge in [-0.3, -0.25) is 9.69 Å². The zero-order chi connectivity index (χ0) is 21.6. The second kappa shape index (κ2) is 9.88. The summed E-state index contributed by atoms with van der Waals surface area (Å²) in [5.74, 6) is 1.73. The van der Waals surface area contributed by atoms with E-state index in [2.05, 4.69) is 65.3 Å². The van der Waals surface area contributed by atoms with E-state index in [4.69, 9.17) is 4.52 Å². The van der Waals surface area contributed by atoms with Crippen molar-refractivity contribution >= 4 is 5.91 Å². The summed E-state index contributed by atoms with van der Waals surface area (Å²) in [5.41, 5.74) is 3.52. The number of aryl methyl sites for hydroxylation is 1. The number of hydrogen-bond acceptors (Lipinski definition) is 5. The standard InChI is InChI=1S/C25H30N4O2/c1-19(2)21-8-10-22(11-9-21)25-26-23(31-27-25)12-13-24(30)29-16-14-28(15-17-29)18-20-6-4-3-5-7-20/h3-11,19H,12-18H2,1-2H3. The van der Waals surface area contributed by atoms with Crippen LogP contribution in [0.1, 0.15) is 43.2 Å². The number of amides is 1. The van der Waals surface area contributed by atoms with Gasteiger partial charge in [0.05, 0.1) is 0 Å². The van der Waals surface area contributed by atoms with Crippen molar-refractivity contribution in [2.45, 2.75) is 39.2 Å². The van der Waals surface area contributed by atoms with Crippen LogP contribution in [0.2, 0.25) is 0 Å². The molecule has 0 aliphatic carbocycles. The van der Waals surface area contributed by atoms with Gasteiger partial charge in [0.1, 0.15) is 0 Å². The van der Waals surface area contributed by atoms with E-state index in [0.717, 1.165) is 38.3 Å². The molecule has 1 aromatic heterocycles. The van der Waals surface area contributed by atoms with Crippen molar-refractivity contribution in [1.29, 1.82) is 0 Å². The van der Waals surface area contributed by atoms with Crippen LogP contribution >= 0.6 is 0 Å². The van der Waals surface area contributed by atoms with Crippen molar-refractivity contribution in [3.05, 3.63) is 71.6 Å². The Morgan fingerprint density at radius 2 is 1.71 bits per heavy atom. The van der Waals surface area contributed by atoms with Crippen molar-refractivity contribution in [3.8, 4) is 11.4 Å². The van der Waals surface area contributed by atoms with Crippen molar-refractivity contribution in [1.82, 2.24) is 19.9 Å². The largest absolute Gasteiger partial charge is 0.340 e. The van der Waals surface area contributed by atoms with Gasteiger partial charge in [0.2, 0.25) is 17.6 Å². The number of hydrogen-bond donors (Lipinski definition) is 0. The second-order valence-corrected chi connectivity index (χ2v) is 8.43. The van der Waals surface area contributed by atoms with Gasteiger partial charge in [-0.15, -0.1) is 0 Å². The van der Waals surface area contributed by atoms with Gasteiger partial charge in [0, 0.05) is 51.1 Å². The highest BCUT2D eigenvalue weighted by Crippen LogP contribution is 2.21. The van der Waals surface area contributed by atoms with Crippen molar-refractivity contribution in [2.75, 3.05) is 26.2 Å². The van der Waals surface area contributed by atoms with E-state index in [-0.39, 0.29) is 5.91 Å². The van der Waals surface area contributed by atoms with Gasteiger partial charge in [-0.1, -0.05) is 73.6 Å². The molecule has 6 heteroatoms. The zero-order valence-electron chi connectivity index (χ0n) is 18.3. The number of benzene rings is 2. The lowest BCUT2D eigenvalue weighted by molar-refractivity contribution is -0.133.